The van der Waals surface area contributed by atoms with Crippen LogP contribution in [0.25, 0.3) is 0 Å². The quantitative estimate of drug-likeness (QED) is 0.495. The number of nitrogens with zero attached hydrogens (tertiary/aromatic N) is 3. The summed E-state index contributed by atoms with van der Waals surface area (Å²) in [4.78, 5) is 33.8. The number of alkyl halides is 3. The van der Waals surface area contributed by atoms with E-state index in [1.54, 1.807) is 0 Å². The van der Waals surface area contributed by atoms with Crippen LogP contribution in [-0.2, 0) is 23.1 Å². The van der Waals surface area contributed by atoms with E-state index in [-0.39, 0.29) is 23.8 Å². The molecular weight excluding hydrogens is 509 g/mol. The highest BCUT2D eigenvalue weighted by Crippen LogP contribution is 2.39. The van der Waals surface area contributed by atoms with Crippen molar-refractivity contribution in [2.24, 2.45) is 5.92 Å². The molecule has 1 saturated heterocycles. The van der Waals surface area contributed by atoms with Gasteiger partial charge in [0.05, 0.1) is 17.8 Å². The predicted molar refractivity (Wildman–Crippen MR) is 141 cm³/mol. The van der Waals surface area contributed by atoms with Crippen molar-refractivity contribution < 1.29 is 27.9 Å². The highest BCUT2D eigenvalue weighted by molar-refractivity contribution is 5.96. The van der Waals surface area contributed by atoms with E-state index in [2.05, 4.69) is 20.1 Å². The maximum atomic E-state index is 12.9. The minimum Gasteiger partial charge on any atom is -0.384 e. The molecule has 0 bridgehead atoms. The lowest BCUT2D eigenvalue weighted by atomic mass is 9.79. The number of aliphatic hydroxyl groups is 1. The summed E-state index contributed by atoms with van der Waals surface area (Å²) in [6.45, 7) is 2.26. The number of amides is 1. The first-order valence-electron chi connectivity index (χ1n) is 13.5. The molecule has 10 heteroatoms. The zero-order valence-corrected chi connectivity index (χ0v) is 22.5. The Morgan fingerprint density at radius 2 is 1.90 bits per heavy atom. The Morgan fingerprint density at radius 3 is 2.54 bits per heavy atom. The molecule has 0 unspecified atom stereocenters. The molecule has 2 heterocycles. The Balaban J connectivity index is 1.21. The molecule has 1 amide bonds. The normalized spacial score (nSPS) is 24.2. The van der Waals surface area contributed by atoms with Gasteiger partial charge in [-0.1, -0.05) is 12.1 Å². The minimum absolute atomic E-state index is 0.123. The van der Waals surface area contributed by atoms with Crippen molar-refractivity contribution in [2.75, 3.05) is 33.7 Å². The van der Waals surface area contributed by atoms with E-state index in [1.807, 2.05) is 32.4 Å². The van der Waals surface area contributed by atoms with Gasteiger partial charge >= 0.3 is 6.18 Å². The maximum Gasteiger partial charge on any atom is 0.416 e. The van der Waals surface area contributed by atoms with Crippen molar-refractivity contribution in [1.29, 1.82) is 0 Å². The van der Waals surface area contributed by atoms with Gasteiger partial charge in [-0.15, -0.1) is 0 Å². The lowest BCUT2D eigenvalue weighted by Crippen LogP contribution is -2.42. The molecule has 1 aliphatic carbocycles. The molecule has 2 aliphatic rings. The average Bonchev–Trinajstić information content (AvgIpc) is 3.35. The number of halogens is 3. The number of benzene rings is 1. The molecule has 0 radical (unpaired) electrons. The Kier molecular flexibility index (Phi) is 9.08. The molecule has 1 aliphatic heterocycles. The summed E-state index contributed by atoms with van der Waals surface area (Å²) in [5, 5.41) is 13.7. The Morgan fingerprint density at radius 1 is 1.15 bits per heavy atom. The van der Waals surface area contributed by atoms with E-state index in [0.717, 1.165) is 62.3 Å². The van der Waals surface area contributed by atoms with Gasteiger partial charge in [0.2, 0.25) is 0 Å². The summed E-state index contributed by atoms with van der Waals surface area (Å²) in [5.74, 6) is -0.655. The number of pyridine rings is 1. The molecule has 4 rings (SSSR count). The molecule has 0 spiro atoms. The zero-order chi connectivity index (χ0) is 28.2. The average molecular weight is 547 g/mol. The van der Waals surface area contributed by atoms with E-state index in [0.29, 0.717) is 25.3 Å². The Bertz CT molecular complexity index is 1150. The van der Waals surface area contributed by atoms with Crippen molar-refractivity contribution in [3.63, 3.8) is 0 Å². The number of ketones is 1. The van der Waals surface area contributed by atoms with Gasteiger partial charge in [-0.05, 0) is 88.5 Å². The first-order chi connectivity index (χ1) is 18.4. The van der Waals surface area contributed by atoms with E-state index in [9.17, 15) is 27.9 Å². The van der Waals surface area contributed by atoms with Gasteiger partial charge in [0, 0.05) is 37.3 Å². The minimum atomic E-state index is -4.54. The SMILES string of the molecule is CN(C)Cc1ccc(C2(O)CCC(N3CC[C@@H](CC(=O)CNC(=O)c4cccc(C(F)(F)F)c4)C3)CC2)nc1. The molecule has 7 nitrogen and oxygen atoms in total. The molecule has 1 aromatic carbocycles. The van der Waals surface area contributed by atoms with E-state index >= 15 is 0 Å². The standard InChI is InChI=1S/C29H37F3N4O3/c1-35(2)18-21-6-7-26(33-16-21)28(39)11-8-24(9-12-28)36-13-10-20(19-36)14-25(37)17-34-27(38)22-4-3-5-23(15-22)29(30,31)32/h3-7,15-16,20,24,39H,8-14,17-19H2,1-2H3,(H,34,38)/t20-,24?,28?/m0/s1. The fourth-order valence-electron chi connectivity index (χ4n) is 5.73. The lowest BCUT2D eigenvalue weighted by Gasteiger charge is -2.39. The second-order valence-electron chi connectivity index (χ2n) is 11.2. The van der Waals surface area contributed by atoms with Crippen molar-refractivity contribution in [3.8, 4) is 0 Å². The van der Waals surface area contributed by atoms with Crippen molar-refractivity contribution in [1.82, 2.24) is 20.1 Å². The van der Waals surface area contributed by atoms with E-state index in [4.69, 9.17) is 0 Å². The van der Waals surface area contributed by atoms with Gasteiger partial charge in [-0.25, -0.2) is 0 Å². The van der Waals surface area contributed by atoms with Crippen LogP contribution < -0.4 is 5.32 Å². The van der Waals surface area contributed by atoms with Gasteiger partial charge in [0.25, 0.3) is 5.91 Å². The number of carbonyl (C=O) groups is 2. The van der Waals surface area contributed by atoms with Crippen LogP contribution in [0.4, 0.5) is 13.2 Å². The second-order valence-corrected chi connectivity index (χ2v) is 11.2. The van der Waals surface area contributed by atoms with E-state index in [1.165, 1.54) is 12.1 Å². The summed E-state index contributed by atoms with van der Waals surface area (Å²) in [6, 6.07) is 8.47. The summed E-state index contributed by atoms with van der Waals surface area (Å²) >= 11 is 0. The number of aromatic nitrogens is 1. The summed E-state index contributed by atoms with van der Waals surface area (Å²) in [6.07, 6.45) is 1.48. The molecular formula is C29H37F3N4O3. The third-order valence-corrected chi connectivity index (χ3v) is 7.83. The van der Waals surface area contributed by atoms with Gasteiger partial charge in [0.1, 0.15) is 5.60 Å². The van der Waals surface area contributed by atoms with Gasteiger partial charge < -0.3 is 20.2 Å². The van der Waals surface area contributed by atoms with Crippen LogP contribution in [0.3, 0.4) is 0 Å². The summed E-state index contributed by atoms with van der Waals surface area (Å²) < 4.78 is 38.7. The van der Waals surface area contributed by atoms with Crippen molar-refractivity contribution in [3.05, 3.63) is 65.0 Å². The lowest BCUT2D eigenvalue weighted by molar-refractivity contribution is -0.137. The number of hydrogen-bond donors (Lipinski definition) is 2. The number of rotatable bonds is 9. The van der Waals surface area contributed by atoms with Gasteiger partial charge in [-0.3, -0.25) is 14.6 Å². The number of likely N-dealkylation sites (tertiary alicyclic amines) is 1. The molecule has 39 heavy (non-hydrogen) atoms. The Labute approximate surface area is 227 Å². The maximum absolute atomic E-state index is 12.9. The predicted octanol–water partition coefficient (Wildman–Crippen LogP) is 4.00. The zero-order valence-electron chi connectivity index (χ0n) is 22.5. The van der Waals surface area contributed by atoms with Crippen LogP contribution in [0.2, 0.25) is 0 Å². The number of carbonyl (C=O) groups excluding carboxylic acids is 2. The third kappa shape index (κ3) is 7.64. The number of nitrogens with one attached hydrogen (secondary N) is 1. The van der Waals surface area contributed by atoms with Crippen molar-refractivity contribution in [2.45, 2.75) is 62.9 Å². The fraction of sp³-hybridized carbons (Fsp3) is 0.552. The first kappa shape index (κ1) is 29.2. The largest absolute Gasteiger partial charge is 0.416 e. The third-order valence-electron chi connectivity index (χ3n) is 7.83. The first-order valence-corrected chi connectivity index (χ1v) is 13.5. The molecule has 2 N–H and O–H groups in total. The van der Waals surface area contributed by atoms with Crippen molar-refractivity contribution >= 4 is 11.7 Å². The summed E-state index contributed by atoms with van der Waals surface area (Å²) in [7, 11) is 4.01. The topological polar surface area (TPSA) is 85.8 Å². The van der Waals surface area contributed by atoms with Crippen LogP contribution in [0.1, 0.15) is 65.7 Å². The molecule has 1 atom stereocenters. The highest BCUT2D eigenvalue weighted by atomic mass is 19.4. The molecule has 212 valence electrons. The highest BCUT2D eigenvalue weighted by Gasteiger charge is 2.39. The number of Topliss-reactive ketones (excluding diaryl/α,β-unsaturated/α-hetero) is 1. The molecule has 1 saturated carbocycles. The Hall–Kier alpha value is -2.82. The van der Waals surface area contributed by atoms with Crippen LogP contribution in [0.5, 0.6) is 0 Å². The fourth-order valence-corrected chi connectivity index (χ4v) is 5.73. The van der Waals surface area contributed by atoms with E-state index < -0.39 is 23.2 Å². The van der Waals surface area contributed by atoms with Crippen LogP contribution in [0, 0.1) is 5.92 Å². The molecule has 2 fully saturated rings. The molecule has 1 aromatic heterocycles. The molecule has 2 aromatic rings. The van der Waals surface area contributed by atoms with Gasteiger partial charge in [0.15, 0.2) is 5.78 Å². The summed E-state index contributed by atoms with van der Waals surface area (Å²) in [5.41, 5.74) is -0.112. The smallest absolute Gasteiger partial charge is 0.384 e. The van der Waals surface area contributed by atoms with Crippen LogP contribution in [0.15, 0.2) is 42.6 Å². The van der Waals surface area contributed by atoms with Gasteiger partial charge in [-0.2, -0.15) is 13.2 Å². The van der Waals surface area contributed by atoms with Crippen LogP contribution in [-0.4, -0.2) is 71.4 Å². The van der Waals surface area contributed by atoms with Crippen LogP contribution >= 0.6 is 0 Å². The second kappa shape index (κ2) is 12.1. The monoisotopic (exact) mass is 546 g/mol. The number of hydrogen-bond acceptors (Lipinski definition) is 6.